The number of nitrogens with zero attached hydrogens (tertiary/aromatic N) is 3. The zero-order valence-electron chi connectivity index (χ0n) is 10.9. The summed E-state index contributed by atoms with van der Waals surface area (Å²) in [6.07, 6.45) is 3.96. The van der Waals surface area contributed by atoms with E-state index < -0.39 is 0 Å². The molecular formula is C14H13Cl2N3O. The van der Waals surface area contributed by atoms with Gasteiger partial charge in [-0.1, -0.05) is 11.6 Å². The van der Waals surface area contributed by atoms with E-state index in [4.69, 9.17) is 27.6 Å². The van der Waals surface area contributed by atoms with Gasteiger partial charge in [0.2, 0.25) is 0 Å². The minimum Gasteiger partial charge on any atom is -0.467 e. The van der Waals surface area contributed by atoms with Crippen LogP contribution in [-0.4, -0.2) is 20.4 Å². The molecule has 0 spiro atoms. The lowest BCUT2D eigenvalue weighted by Gasteiger charge is -2.14. The molecule has 0 saturated carbocycles. The van der Waals surface area contributed by atoms with Gasteiger partial charge in [0.1, 0.15) is 17.1 Å². The van der Waals surface area contributed by atoms with Gasteiger partial charge in [-0.3, -0.25) is 0 Å². The van der Waals surface area contributed by atoms with Crippen LogP contribution in [0, 0.1) is 0 Å². The van der Waals surface area contributed by atoms with Crippen LogP contribution in [0.1, 0.15) is 24.6 Å². The standard InChI is InChI=1S/C14H13Cl2N3O/c1-9(12-3-2-6-20-12)19-13(4-5-15)18-11-7-10(16)8-17-14(11)19/h2-3,6-9H,4-5H2,1H3. The van der Waals surface area contributed by atoms with Crippen LogP contribution >= 0.6 is 23.2 Å². The Kier molecular flexibility index (Phi) is 3.68. The zero-order chi connectivity index (χ0) is 14.1. The van der Waals surface area contributed by atoms with Gasteiger partial charge in [-0.15, -0.1) is 11.6 Å². The number of rotatable bonds is 4. The molecular weight excluding hydrogens is 297 g/mol. The van der Waals surface area contributed by atoms with Crippen molar-refractivity contribution in [1.82, 2.24) is 14.5 Å². The second-order valence-corrected chi connectivity index (χ2v) is 5.34. The first-order valence-electron chi connectivity index (χ1n) is 6.32. The van der Waals surface area contributed by atoms with Crippen molar-refractivity contribution in [3.8, 4) is 0 Å². The lowest BCUT2D eigenvalue weighted by Crippen LogP contribution is -2.11. The van der Waals surface area contributed by atoms with E-state index in [0.717, 1.165) is 22.7 Å². The Morgan fingerprint density at radius 1 is 1.45 bits per heavy atom. The number of aryl methyl sites for hydroxylation is 1. The summed E-state index contributed by atoms with van der Waals surface area (Å²) < 4.78 is 7.54. The van der Waals surface area contributed by atoms with Crippen molar-refractivity contribution < 1.29 is 4.42 Å². The molecule has 3 aromatic rings. The van der Waals surface area contributed by atoms with Gasteiger partial charge in [0.15, 0.2) is 5.65 Å². The molecule has 0 aliphatic rings. The Labute approximate surface area is 126 Å². The molecule has 0 N–H and O–H groups in total. The Bertz CT molecular complexity index is 721. The van der Waals surface area contributed by atoms with E-state index in [1.165, 1.54) is 0 Å². The monoisotopic (exact) mass is 309 g/mol. The number of halogens is 2. The second-order valence-electron chi connectivity index (χ2n) is 4.52. The number of imidazole rings is 1. The fraction of sp³-hybridized carbons (Fsp3) is 0.286. The summed E-state index contributed by atoms with van der Waals surface area (Å²) in [6, 6.07) is 5.63. The number of pyridine rings is 1. The largest absolute Gasteiger partial charge is 0.467 e. The molecule has 6 heteroatoms. The van der Waals surface area contributed by atoms with Gasteiger partial charge < -0.3 is 8.98 Å². The third kappa shape index (κ3) is 2.30. The van der Waals surface area contributed by atoms with E-state index in [0.29, 0.717) is 17.3 Å². The lowest BCUT2D eigenvalue weighted by atomic mass is 10.2. The molecule has 0 aliphatic heterocycles. The van der Waals surface area contributed by atoms with Gasteiger partial charge >= 0.3 is 0 Å². The van der Waals surface area contributed by atoms with Crippen molar-refractivity contribution in [3.05, 3.63) is 47.3 Å². The molecule has 0 bridgehead atoms. The van der Waals surface area contributed by atoms with Crippen LogP contribution in [0.3, 0.4) is 0 Å². The molecule has 0 amide bonds. The first kappa shape index (κ1) is 13.5. The van der Waals surface area contributed by atoms with Crippen LogP contribution in [0.2, 0.25) is 5.02 Å². The van der Waals surface area contributed by atoms with E-state index in [9.17, 15) is 0 Å². The van der Waals surface area contributed by atoms with Crippen LogP contribution in [0.15, 0.2) is 35.1 Å². The molecule has 1 unspecified atom stereocenters. The third-order valence-electron chi connectivity index (χ3n) is 3.23. The van der Waals surface area contributed by atoms with Gasteiger partial charge in [-0.2, -0.15) is 0 Å². The smallest absolute Gasteiger partial charge is 0.160 e. The van der Waals surface area contributed by atoms with Crippen LogP contribution in [0.5, 0.6) is 0 Å². The fourth-order valence-electron chi connectivity index (χ4n) is 2.33. The van der Waals surface area contributed by atoms with Crippen LogP contribution < -0.4 is 0 Å². The topological polar surface area (TPSA) is 43.9 Å². The van der Waals surface area contributed by atoms with Gasteiger partial charge in [0, 0.05) is 18.5 Å². The Hall–Kier alpha value is -1.52. The number of hydrogen-bond donors (Lipinski definition) is 0. The van der Waals surface area contributed by atoms with Gasteiger partial charge in [-0.05, 0) is 25.1 Å². The molecule has 0 aliphatic carbocycles. The highest BCUT2D eigenvalue weighted by Gasteiger charge is 2.19. The van der Waals surface area contributed by atoms with Crippen molar-refractivity contribution in [2.45, 2.75) is 19.4 Å². The molecule has 20 heavy (non-hydrogen) atoms. The summed E-state index contributed by atoms with van der Waals surface area (Å²) in [5.74, 6) is 2.24. The molecule has 1 atom stereocenters. The number of furan rings is 1. The first-order chi connectivity index (χ1) is 9.70. The summed E-state index contributed by atoms with van der Waals surface area (Å²) in [6.45, 7) is 2.05. The molecule has 3 rings (SSSR count). The van der Waals surface area contributed by atoms with E-state index in [-0.39, 0.29) is 6.04 Å². The van der Waals surface area contributed by atoms with E-state index in [1.54, 1.807) is 12.5 Å². The van der Waals surface area contributed by atoms with E-state index in [2.05, 4.69) is 9.97 Å². The minimum absolute atomic E-state index is 0.00175. The highest BCUT2D eigenvalue weighted by molar-refractivity contribution is 6.31. The average molecular weight is 310 g/mol. The van der Waals surface area contributed by atoms with Crippen molar-refractivity contribution in [3.63, 3.8) is 0 Å². The summed E-state index contributed by atoms with van der Waals surface area (Å²) in [5.41, 5.74) is 1.56. The summed E-state index contributed by atoms with van der Waals surface area (Å²) in [7, 11) is 0. The van der Waals surface area contributed by atoms with Crippen LogP contribution in [-0.2, 0) is 6.42 Å². The molecule has 104 valence electrons. The maximum atomic E-state index is 5.98. The normalized spacial score (nSPS) is 12.9. The molecule has 0 fully saturated rings. The highest BCUT2D eigenvalue weighted by Crippen LogP contribution is 2.26. The maximum Gasteiger partial charge on any atom is 0.160 e. The molecule has 0 aromatic carbocycles. The molecule has 3 heterocycles. The zero-order valence-corrected chi connectivity index (χ0v) is 12.4. The highest BCUT2D eigenvalue weighted by atomic mass is 35.5. The summed E-state index contributed by atoms with van der Waals surface area (Å²) in [5, 5.41) is 0.574. The third-order valence-corrected chi connectivity index (χ3v) is 3.63. The quantitative estimate of drug-likeness (QED) is 0.682. The maximum absolute atomic E-state index is 5.98. The lowest BCUT2D eigenvalue weighted by molar-refractivity contribution is 0.444. The number of fused-ring (bicyclic) bond motifs is 1. The number of alkyl halides is 1. The molecule has 0 saturated heterocycles. The van der Waals surface area contributed by atoms with Crippen molar-refractivity contribution in [2.24, 2.45) is 0 Å². The summed E-state index contributed by atoms with van der Waals surface area (Å²) >= 11 is 11.9. The van der Waals surface area contributed by atoms with Crippen LogP contribution in [0.25, 0.3) is 11.2 Å². The van der Waals surface area contributed by atoms with Gasteiger partial charge in [-0.25, -0.2) is 9.97 Å². The van der Waals surface area contributed by atoms with Gasteiger partial charge in [0.25, 0.3) is 0 Å². The molecule has 4 nitrogen and oxygen atoms in total. The van der Waals surface area contributed by atoms with Crippen molar-refractivity contribution >= 4 is 34.4 Å². The predicted molar refractivity (Wildman–Crippen MR) is 79.5 cm³/mol. The summed E-state index contributed by atoms with van der Waals surface area (Å²) in [4.78, 5) is 8.98. The van der Waals surface area contributed by atoms with Gasteiger partial charge in [0.05, 0.1) is 17.3 Å². The SMILES string of the molecule is CC(c1ccco1)n1c(CCCl)nc2cc(Cl)cnc21. The van der Waals surface area contributed by atoms with Crippen molar-refractivity contribution in [1.29, 1.82) is 0 Å². The fourth-order valence-corrected chi connectivity index (χ4v) is 2.65. The van der Waals surface area contributed by atoms with Crippen molar-refractivity contribution in [2.75, 3.05) is 5.88 Å². The molecule has 3 aromatic heterocycles. The van der Waals surface area contributed by atoms with E-state index in [1.807, 2.05) is 29.7 Å². The number of aromatic nitrogens is 3. The number of hydrogen-bond acceptors (Lipinski definition) is 3. The average Bonchev–Trinajstić information content (AvgIpc) is 3.05. The van der Waals surface area contributed by atoms with E-state index >= 15 is 0 Å². The predicted octanol–water partition coefficient (Wildman–Crippen LogP) is 4.07. The molecule has 0 radical (unpaired) electrons. The Morgan fingerprint density at radius 3 is 3.00 bits per heavy atom. The second kappa shape index (κ2) is 5.46. The first-order valence-corrected chi connectivity index (χ1v) is 7.23. The van der Waals surface area contributed by atoms with Crippen LogP contribution in [0.4, 0.5) is 0 Å². The minimum atomic E-state index is 0.00175. The Morgan fingerprint density at radius 2 is 2.30 bits per heavy atom. The Balaban J connectivity index is 2.18.